The molecule has 2 aromatic rings. The molecule has 0 saturated heterocycles. The topological polar surface area (TPSA) is 0 Å². The summed E-state index contributed by atoms with van der Waals surface area (Å²) in [5.74, 6) is -0.183. The van der Waals surface area contributed by atoms with E-state index in [-0.39, 0.29) is 16.1 Å². The lowest BCUT2D eigenvalue weighted by Crippen LogP contribution is -2.07. The molecule has 0 aliphatic carbocycles. The molecule has 2 rings (SSSR count). The highest BCUT2D eigenvalue weighted by Crippen LogP contribution is 2.39. The summed E-state index contributed by atoms with van der Waals surface area (Å²) in [6.45, 7) is 8.64. The Bertz CT molecular complexity index is 581. The number of hydrogen-bond acceptors (Lipinski definition) is 1. The fourth-order valence-corrected chi connectivity index (χ4v) is 3.92. The van der Waals surface area contributed by atoms with Crippen LogP contribution in [0.15, 0.2) is 30.3 Å². The van der Waals surface area contributed by atoms with Gasteiger partial charge in [-0.1, -0.05) is 42.8 Å². The molecule has 1 unspecified atom stereocenters. The summed E-state index contributed by atoms with van der Waals surface area (Å²) in [6, 6.07) is 9.26. The first kappa shape index (κ1) is 14.7. The largest absolute Gasteiger partial charge is 0.207 e. The van der Waals surface area contributed by atoms with Gasteiger partial charge in [-0.15, -0.1) is 11.3 Å². The van der Waals surface area contributed by atoms with Crippen LogP contribution in [0.25, 0.3) is 0 Å². The van der Waals surface area contributed by atoms with E-state index in [0.717, 1.165) is 11.1 Å². The van der Waals surface area contributed by atoms with Gasteiger partial charge in [0.25, 0.3) is 0 Å². The molecule has 1 aromatic heterocycles. The van der Waals surface area contributed by atoms with Gasteiger partial charge in [0.1, 0.15) is 5.82 Å². The molecule has 0 radical (unpaired) electrons. The molecule has 0 aliphatic rings. The highest BCUT2D eigenvalue weighted by atomic mass is 79.9. The molecule has 0 nitrogen and oxygen atoms in total. The van der Waals surface area contributed by atoms with Crippen molar-refractivity contribution in [3.63, 3.8) is 0 Å². The fraction of sp³-hybridized carbons (Fsp3) is 0.375. The van der Waals surface area contributed by atoms with Crippen LogP contribution in [0.5, 0.6) is 0 Å². The number of alkyl halides is 1. The number of rotatable bonds is 2. The van der Waals surface area contributed by atoms with Crippen molar-refractivity contribution in [1.29, 1.82) is 0 Å². The molecule has 3 heteroatoms. The average Bonchev–Trinajstić information content (AvgIpc) is 2.80. The molecule has 0 amide bonds. The van der Waals surface area contributed by atoms with E-state index in [2.05, 4.69) is 48.8 Å². The second kappa shape index (κ2) is 5.37. The lowest BCUT2D eigenvalue weighted by Gasteiger charge is -2.16. The van der Waals surface area contributed by atoms with Crippen LogP contribution in [0, 0.1) is 12.7 Å². The van der Waals surface area contributed by atoms with E-state index in [9.17, 15) is 4.39 Å². The van der Waals surface area contributed by atoms with E-state index in [1.54, 1.807) is 17.4 Å². The van der Waals surface area contributed by atoms with Crippen LogP contribution in [0.3, 0.4) is 0 Å². The van der Waals surface area contributed by atoms with Gasteiger partial charge in [-0.2, -0.15) is 0 Å². The Morgan fingerprint density at radius 3 is 2.42 bits per heavy atom. The number of thiophene rings is 1. The molecular weight excluding hydrogens is 323 g/mol. The zero-order valence-corrected chi connectivity index (χ0v) is 14.0. The predicted molar refractivity (Wildman–Crippen MR) is 84.9 cm³/mol. The Hall–Kier alpha value is -0.670. The summed E-state index contributed by atoms with van der Waals surface area (Å²) >= 11 is 5.49. The predicted octanol–water partition coefficient (Wildman–Crippen LogP) is 5.98. The Balaban J connectivity index is 2.36. The van der Waals surface area contributed by atoms with Crippen molar-refractivity contribution in [2.45, 2.75) is 37.9 Å². The van der Waals surface area contributed by atoms with E-state index in [1.165, 1.54) is 15.8 Å². The van der Waals surface area contributed by atoms with E-state index in [4.69, 9.17) is 0 Å². The van der Waals surface area contributed by atoms with Gasteiger partial charge in [0.15, 0.2) is 0 Å². The van der Waals surface area contributed by atoms with E-state index in [0.29, 0.717) is 0 Å². The van der Waals surface area contributed by atoms with Gasteiger partial charge in [0, 0.05) is 9.75 Å². The van der Waals surface area contributed by atoms with Crippen molar-refractivity contribution in [3.8, 4) is 0 Å². The normalized spacial score (nSPS) is 13.6. The Kier molecular flexibility index (Phi) is 4.17. The number of hydrogen-bond donors (Lipinski definition) is 0. The maximum absolute atomic E-state index is 13.4. The zero-order chi connectivity index (χ0) is 14.2. The maximum atomic E-state index is 13.4. The van der Waals surface area contributed by atoms with E-state index < -0.39 is 0 Å². The van der Waals surface area contributed by atoms with Crippen molar-refractivity contribution in [2.75, 3.05) is 0 Å². The van der Waals surface area contributed by atoms with Gasteiger partial charge in [0.05, 0.1) is 4.83 Å². The first-order chi connectivity index (χ1) is 8.79. The Labute approximate surface area is 126 Å². The number of halogens is 2. The number of benzene rings is 1. The smallest absolute Gasteiger partial charge is 0.123 e. The summed E-state index contributed by atoms with van der Waals surface area (Å²) in [5.41, 5.74) is 2.27. The molecular formula is C16H18BrFS. The van der Waals surface area contributed by atoms with Gasteiger partial charge < -0.3 is 0 Å². The molecule has 1 aromatic carbocycles. The third-order valence-electron chi connectivity index (χ3n) is 3.13. The van der Waals surface area contributed by atoms with Gasteiger partial charge in [0.2, 0.25) is 0 Å². The van der Waals surface area contributed by atoms with Gasteiger partial charge >= 0.3 is 0 Å². The van der Waals surface area contributed by atoms with Crippen LogP contribution in [0.1, 0.15) is 46.5 Å². The zero-order valence-electron chi connectivity index (χ0n) is 11.6. The summed E-state index contributed by atoms with van der Waals surface area (Å²) in [7, 11) is 0. The molecule has 0 N–H and O–H groups in total. The highest BCUT2D eigenvalue weighted by Gasteiger charge is 2.20. The van der Waals surface area contributed by atoms with Crippen LogP contribution < -0.4 is 0 Å². The van der Waals surface area contributed by atoms with Gasteiger partial charge in [-0.25, -0.2) is 4.39 Å². The minimum atomic E-state index is -0.183. The van der Waals surface area contributed by atoms with Crippen LogP contribution in [-0.4, -0.2) is 0 Å². The third kappa shape index (κ3) is 3.26. The monoisotopic (exact) mass is 340 g/mol. The standard InChI is InChI=1S/C16H18BrFS/c1-10-5-6-11(18)9-12(10)15(17)13-7-8-14(19-13)16(2,3)4/h5-9,15H,1-4H3. The molecule has 1 atom stereocenters. The summed E-state index contributed by atoms with van der Waals surface area (Å²) in [5, 5.41) is 0. The van der Waals surface area contributed by atoms with Crippen molar-refractivity contribution in [2.24, 2.45) is 0 Å². The molecule has 0 spiro atoms. The highest BCUT2D eigenvalue weighted by molar-refractivity contribution is 9.09. The quantitative estimate of drug-likeness (QED) is 0.590. The third-order valence-corrected chi connectivity index (χ3v) is 6.00. The minimum absolute atomic E-state index is 0.0595. The SMILES string of the molecule is Cc1ccc(F)cc1C(Br)c1ccc(C(C)(C)C)s1. The lowest BCUT2D eigenvalue weighted by atomic mass is 9.95. The second-order valence-corrected chi connectivity index (χ2v) is 7.85. The van der Waals surface area contributed by atoms with Crippen LogP contribution >= 0.6 is 27.3 Å². The molecule has 0 aliphatic heterocycles. The van der Waals surface area contributed by atoms with Crippen LogP contribution in [0.4, 0.5) is 4.39 Å². The summed E-state index contributed by atoms with van der Waals surface area (Å²) < 4.78 is 13.4. The Morgan fingerprint density at radius 1 is 1.16 bits per heavy atom. The van der Waals surface area contributed by atoms with Gasteiger partial charge in [-0.05, 0) is 47.7 Å². The molecule has 0 fully saturated rings. The van der Waals surface area contributed by atoms with Crippen molar-refractivity contribution in [3.05, 3.63) is 57.0 Å². The fourth-order valence-electron chi connectivity index (χ4n) is 1.93. The molecule has 102 valence electrons. The van der Waals surface area contributed by atoms with Crippen molar-refractivity contribution >= 4 is 27.3 Å². The molecule has 1 heterocycles. The average molecular weight is 341 g/mol. The minimum Gasteiger partial charge on any atom is -0.207 e. The first-order valence-corrected chi connectivity index (χ1v) is 8.02. The summed E-state index contributed by atoms with van der Waals surface area (Å²) in [4.78, 5) is 2.63. The van der Waals surface area contributed by atoms with Crippen LogP contribution in [0.2, 0.25) is 0 Å². The lowest BCUT2D eigenvalue weighted by molar-refractivity contribution is 0.604. The maximum Gasteiger partial charge on any atom is 0.123 e. The van der Waals surface area contributed by atoms with Crippen LogP contribution in [-0.2, 0) is 5.41 Å². The Morgan fingerprint density at radius 2 is 1.84 bits per heavy atom. The first-order valence-electron chi connectivity index (χ1n) is 6.29. The second-order valence-electron chi connectivity index (χ2n) is 5.82. The van der Waals surface area contributed by atoms with E-state index in [1.807, 2.05) is 13.0 Å². The molecule has 0 saturated carbocycles. The molecule has 0 bridgehead atoms. The summed E-state index contributed by atoms with van der Waals surface area (Å²) in [6.07, 6.45) is 0. The van der Waals surface area contributed by atoms with E-state index >= 15 is 0 Å². The van der Waals surface area contributed by atoms with Crippen molar-refractivity contribution < 1.29 is 4.39 Å². The molecule has 19 heavy (non-hydrogen) atoms. The van der Waals surface area contributed by atoms with Gasteiger partial charge in [-0.3, -0.25) is 0 Å². The van der Waals surface area contributed by atoms with Crippen molar-refractivity contribution in [1.82, 2.24) is 0 Å². The number of aryl methyl sites for hydroxylation is 1.